The molecule has 0 atom stereocenters. The van der Waals surface area contributed by atoms with Gasteiger partial charge in [0.05, 0.1) is 5.03 Å². The molecule has 0 aliphatic carbocycles. The highest BCUT2D eigenvalue weighted by molar-refractivity contribution is 7.99. The first-order valence-electron chi connectivity index (χ1n) is 5.28. The fraction of sp³-hybridized carbons (Fsp3) is 0. The summed E-state index contributed by atoms with van der Waals surface area (Å²) >= 11 is 1.65. The van der Waals surface area contributed by atoms with Crippen LogP contribution in [0.3, 0.4) is 0 Å². The summed E-state index contributed by atoms with van der Waals surface area (Å²) in [4.78, 5) is 8.43. The summed E-state index contributed by atoms with van der Waals surface area (Å²) in [5, 5.41) is 2.33. The van der Waals surface area contributed by atoms with Crippen molar-refractivity contribution in [3.63, 3.8) is 0 Å². The summed E-state index contributed by atoms with van der Waals surface area (Å²) in [6, 6.07) is 14.2. The predicted molar refractivity (Wildman–Crippen MR) is 71.1 cm³/mol. The largest absolute Gasteiger partial charge is 0.384 e. The minimum atomic E-state index is 0.547. The number of nitrogens with two attached hydrogens (primary N) is 1. The zero-order chi connectivity index (χ0) is 11.7. The number of fused-ring (bicyclic) bond motifs is 1. The van der Waals surface area contributed by atoms with E-state index in [0.29, 0.717) is 5.82 Å². The number of aromatic amines is 1. The molecule has 84 valence electrons. The second kappa shape index (κ2) is 4.14. The summed E-state index contributed by atoms with van der Waals surface area (Å²) in [5.74, 6) is 0.547. The number of rotatable bonds is 2. The van der Waals surface area contributed by atoms with E-state index in [0.717, 1.165) is 15.4 Å². The Morgan fingerprint density at radius 3 is 2.82 bits per heavy atom. The zero-order valence-corrected chi connectivity index (χ0v) is 9.87. The van der Waals surface area contributed by atoms with Gasteiger partial charge >= 0.3 is 0 Å². The van der Waals surface area contributed by atoms with Crippen LogP contribution in [0, 0.1) is 0 Å². The number of nitrogen functional groups attached to an aromatic ring is 1. The van der Waals surface area contributed by atoms with Crippen LogP contribution < -0.4 is 5.73 Å². The van der Waals surface area contributed by atoms with E-state index in [9.17, 15) is 0 Å². The van der Waals surface area contributed by atoms with Gasteiger partial charge in [0.15, 0.2) is 0 Å². The molecule has 2 heterocycles. The summed E-state index contributed by atoms with van der Waals surface area (Å²) < 4.78 is 0. The van der Waals surface area contributed by atoms with Crippen molar-refractivity contribution in [1.29, 1.82) is 0 Å². The van der Waals surface area contributed by atoms with Gasteiger partial charge < -0.3 is 10.7 Å². The third-order valence-corrected chi connectivity index (χ3v) is 3.42. The topological polar surface area (TPSA) is 54.7 Å². The van der Waals surface area contributed by atoms with Crippen molar-refractivity contribution in [3.05, 3.63) is 48.7 Å². The summed E-state index contributed by atoms with van der Waals surface area (Å²) in [6.07, 6.45) is 1.72. The smallest absolute Gasteiger partial charge is 0.124 e. The molecule has 3 nitrogen and oxygen atoms in total. The predicted octanol–water partition coefficient (Wildman–Crippen LogP) is 3.30. The van der Waals surface area contributed by atoms with E-state index in [-0.39, 0.29) is 0 Å². The highest BCUT2D eigenvalue weighted by atomic mass is 32.2. The first-order chi connectivity index (χ1) is 8.31. The molecule has 0 radical (unpaired) electrons. The average Bonchev–Trinajstić information content (AvgIpc) is 2.71. The second-order valence-electron chi connectivity index (χ2n) is 3.74. The maximum atomic E-state index is 5.65. The maximum Gasteiger partial charge on any atom is 0.124 e. The van der Waals surface area contributed by atoms with E-state index >= 15 is 0 Å². The van der Waals surface area contributed by atoms with Crippen molar-refractivity contribution in [2.24, 2.45) is 0 Å². The Kier molecular flexibility index (Phi) is 2.49. The molecule has 2 aromatic heterocycles. The molecule has 0 amide bonds. The van der Waals surface area contributed by atoms with Crippen LogP contribution in [0.2, 0.25) is 0 Å². The van der Waals surface area contributed by atoms with Gasteiger partial charge in [0.1, 0.15) is 5.82 Å². The van der Waals surface area contributed by atoms with Crippen molar-refractivity contribution in [2.75, 3.05) is 5.73 Å². The number of para-hydroxylation sites is 1. The van der Waals surface area contributed by atoms with Crippen LogP contribution in [0.15, 0.2) is 58.6 Å². The van der Waals surface area contributed by atoms with E-state index < -0.39 is 0 Å². The number of benzene rings is 1. The molecule has 1 aromatic carbocycles. The molecule has 0 aliphatic heterocycles. The van der Waals surface area contributed by atoms with Crippen LogP contribution in [-0.2, 0) is 0 Å². The number of aromatic nitrogens is 2. The molecule has 3 rings (SSSR count). The van der Waals surface area contributed by atoms with Crippen LogP contribution in [0.5, 0.6) is 0 Å². The summed E-state index contributed by atoms with van der Waals surface area (Å²) in [5.41, 5.74) is 6.80. The first kappa shape index (κ1) is 10.2. The lowest BCUT2D eigenvalue weighted by Crippen LogP contribution is -1.88. The molecule has 0 bridgehead atoms. The van der Waals surface area contributed by atoms with Gasteiger partial charge in [-0.05, 0) is 24.3 Å². The Balaban J connectivity index is 1.94. The van der Waals surface area contributed by atoms with Gasteiger partial charge in [0.2, 0.25) is 0 Å². The molecule has 3 N–H and O–H groups in total. The minimum absolute atomic E-state index is 0.547. The summed E-state index contributed by atoms with van der Waals surface area (Å²) in [7, 11) is 0. The number of anilines is 1. The Labute approximate surface area is 103 Å². The molecule has 17 heavy (non-hydrogen) atoms. The number of pyridine rings is 1. The van der Waals surface area contributed by atoms with Gasteiger partial charge in [0, 0.05) is 22.0 Å². The lowest BCUT2D eigenvalue weighted by molar-refractivity contribution is 1.22. The standard InChI is InChI=1S/C13H11N3S/c14-12-8-10(5-6-15-12)17-13-7-9-3-1-2-4-11(9)16-13/h1-8,16H,(H2,14,15). The molecule has 0 unspecified atom stereocenters. The highest BCUT2D eigenvalue weighted by Crippen LogP contribution is 2.29. The van der Waals surface area contributed by atoms with Crippen LogP contribution >= 0.6 is 11.8 Å². The lowest BCUT2D eigenvalue weighted by atomic mass is 10.3. The van der Waals surface area contributed by atoms with E-state index in [1.807, 2.05) is 24.3 Å². The molecule has 0 saturated heterocycles. The normalized spacial score (nSPS) is 10.8. The Bertz CT molecular complexity index is 627. The lowest BCUT2D eigenvalue weighted by Gasteiger charge is -1.98. The number of nitrogens with zero attached hydrogens (tertiary/aromatic N) is 1. The van der Waals surface area contributed by atoms with E-state index in [1.165, 1.54) is 5.39 Å². The van der Waals surface area contributed by atoms with Crippen molar-refractivity contribution in [1.82, 2.24) is 9.97 Å². The quantitative estimate of drug-likeness (QED) is 0.723. The van der Waals surface area contributed by atoms with Gasteiger partial charge in [-0.1, -0.05) is 30.0 Å². The Hall–Kier alpha value is -1.94. The fourth-order valence-corrected chi connectivity index (χ4v) is 2.63. The second-order valence-corrected chi connectivity index (χ2v) is 4.85. The minimum Gasteiger partial charge on any atom is -0.384 e. The van der Waals surface area contributed by atoms with Gasteiger partial charge in [-0.25, -0.2) is 4.98 Å². The average molecular weight is 241 g/mol. The number of hydrogen-bond acceptors (Lipinski definition) is 3. The van der Waals surface area contributed by atoms with Crippen LogP contribution in [0.25, 0.3) is 10.9 Å². The van der Waals surface area contributed by atoms with Crippen LogP contribution in [0.4, 0.5) is 5.82 Å². The van der Waals surface area contributed by atoms with Gasteiger partial charge in [-0.15, -0.1) is 0 Å². The van der Waals surface area contributed by atoms with E-state index in [2.05, 4.69) is 28.2 Å². The molecule has 3 aromatic rings. The van der Waals surface area contributed by atoms with Crippen molar-refractivity contribution < 1.29 is 0 Å². The maximum absolute atomic E-state index is 5.65. The third-order valence-electron chi connectivity index (χ3n) is 2.49. The van der Waals surface area contributed by atoms with E-state index in [1.54, 1.807) is 18.0 Å². The van der Waals surface area contributed by atoms with Crippen LogP contribution in [-0.4, -0.2) is 9.97 Å². The molecular weight excluding hydrogens is 230 g/mol. The van der Waals surface area contributed by atoms with Crippen molar-refractivity contribution in [2.45, 2.75) is 9.92 Å². The fourth-order valence-electron chi connectivity index (χ4n) is 1.72. The van der Waals surface area contributed by atoms with Crippen molar-refractivity contribution in [3.8, 4) is 0 Å². The molecule has 4 heteroatoms. The molecule has 0 spiro atoms. The Morgan fingerprint density at radius 2 is 2.00 bits per heavy atom. The SMILES string of the molecule is Nc1cc(Sc2cc3ccccc3[nH]2)ccn1. The molecule has 0 fully saturated rings. The molecule has 0 saturated carbocycles. The van der Waals surface area contributed by atoms with Crippen LogP contribution in [0.1, 0.15) is 0 Å². The Morgan fingerprint density at radius 1 is 1.12 bits per heavy atom. The van der Waals surface area contributed by atoms with E-state index in [4.69, 9.17) is 5.73 Å². The highest BCUT2D eigenvalue weighted by Gasteiger charge is 2.02. The zero-order valence-electron chi connectivity index (χ0n) is 9.05. The van der Waals surface area contributed by atoms with Gasteiger partial charge in [-0.3, -0.25) is 0 Å². The van der Waals surface area contributed by atoms with Crippen molar-refractivity contribution >= 4 is 28.5 Å². The monoisotopic (exact) mass is 241 g/mol. The number of H-pyrrole nitrogens is 1. The summed E-state index contributed by atoms with van der Waals surface area (Å²) in [6.45, 7) is 0. The van der Waals surface area contributed by atoms with Gasteiger partial charge in [0.25, 0.3) is 0 Å². The molecule has 0 aliphatic rings. The number of nitrogens with one attached hydrogen (secondary N) is 1. The first-order valence-corrected chi connectivity index (χ1v) is 6.10. The third kappa shape index (κ3) is 2.12. The number of hydrogen-bond donors (Lipinski definition) is 2. The van der Waals surface area contributed by atoms with Gasteiger partial charge in [-0.2, -0.15) is 0 Å². The molecular formula is C13H11N3S.